The topological polar surface area (TPSA) is 105 Å². The summed E-state index contributed by atoms with van der Waals surface area (Å²) in [7, 11) is 1.59. The van der Waals surface area contributed by atoms with Crippen molar-refractivity contribution in [2.45, 2.75) is 13.1 Å². The number of nitrogens with one attached hydrogen (secondary N) is 3. The van der Waals surface area contributed by atoms with Gasteiger partial charge in [0.25, 0.3) is 0 Å². The number of rotatable bonds is 7. The second-order valence-electron chi connectivity index (χ2n) is 5.41. The molecule has 3 amide bonds. The molecule has 2 aromatic rings. The van der Waals surface area contributed by atoms with Crippen LogP contribution in [0.4, 0.5) is 10.5 Å². The van der Waals surface area contributed by atoms with Crippen LogP contribution < -0.4 is 26.4 Å². The van der Waals surface area contributed by atoms with Crippen molar-refractivity contribution in [3.05, 3.63) is 59.7 Å². The molecule has 132 valence electrons. The van der Waals surface area contributed by atoms with E-state index in [1.54, 1.807) is 19.2 Å². The summed E-state index contributed by atoms with van der Waals surface area (Å²) in [6, 6.07) is 14.2. The number of anilines is 1. The van der Waals surface area contributed by atoms with E-state index in [1.165, 1.54) is 0 Å². The number of nitrogens with two attached hydrogens (primary N) is 1. The Kier molecular flexibility index (Phi) is 6.65. The summed E-state index contributed by atoms with van der Waals surface area (Å²) in [6.07, 6.45) is 0. The smallest absolute Gasteiger partial charge is 0.315 e. The lowest BCUT2D eigenvalue weighted by Gasteiger charge is -2.09. The minimum absolute atomic E-state index is 0.0997. The first-order chi connectivity index (χ1) is 12.1. The Balaban J connectivity index is 1.66. The lowest BCUT2D eigenvalue weighted by molar-refractivity contribution is -0.120. The highest BCUT2D eigenvalue weighted by molar-refractivity contribution is 5.83. The van der Waals surface area contributed by atoms with Gasteiger partial charge in [-0.2, -0.15) is 0 Å². The zero-order valence-corrected chi connectivity index (χ0v) is 14.0. The molecule has 0 aromatic heterocycles. The number of urea groups is 1. The van der Waals surface area contributed by atoms with Crippen LogP contribution in [-0.2, 0) is 17.9 Å². The summed E-state index contributed by atoms with van der Waals surface area (Å²) in [5, 5.41) is 7.92. The monoisotopic (exact) mass is 342 g/mol. The van der Waals surface area contributed by atoms with Crippen molar-refractivity contribution in [2.75, 3.05) is 19.4 Å². The predicted octanol–water partition coefficient (Wildman–Crippen LogP) is 1.39. The maximum atomic E-state index is 11.8. The molecule has 0 fully saturated rings. The van der Waals surface area contributed by atoms with Gasteiger partial charge in [-0.3, -0.25) is 4.79 Å². The number of methoxy groups -OCH3 is 1. The van der Waals surface area contributed by atoms with Crippen LogP contribution in [0.25, 0.3) is 0 Å². The first-order valence-electron chi connectivity index (χ1n) is 7.82. The summed E-state index contributed by atoms with van der Waals surface area (Å²) in [4.78, 5) is 23.5. The quantitative estimate of drug-likeness (QED) is 0.571. The molecule has 0 saturated heterocycles. The van der Waals surface area contributed by atoms with E-state index in [0.29, 0.717) is 18.8 Å². The fourth-order valence-corrected chi connectivity index (χ4v) is 2.09. The van der Waals surface area contributed by atoms with Gasteiger partial charge in [0.05, 0.1) is 13.7 Å². The van der Waals surface area contributed by atoms with Crippen LogP contribution in [0.2, 0.25) is 0 Å². The molecule has 0 aliphatic carbocycles. The molecule has 0 bridgehead atoms. The molecule has 7 heteroatoms. The van der Waals surface area contributed by atoms with Gasteiger partial charge in [-0.05, 0) is 35.4 Å². The molecule has 0 saturated carbocycles. The minimum atomic E-state index is -0.409. The highest BCUT2D eigenvalue weighted by Gasteiger charge is 2.05. The van der Waals surface area contributed by atoms with E-state index in [9.17, 15) is 9.59 Å². The number of ether oxygens (including phenoxy) is 1. The third-order valence-corrected chi connectivity index (χ3v) is 3.47. The Hall–Kier alpha value is -3.22. The molecular formula is C18H22N4O3. The minimum Gasteiger partial charge on any atom is -0.497 e. The summed E-state index contributed by atoms with van der Waals surface area (Å²) < 4.78 is 5.13. The molecule has 0 spiro atoms. The summed E-state index contributed by atoms with van der Waals surface area (Å²) in [5.41, 5.74) is 8.11. The van der Waals surface area contributed by atoms with Gasteiger partial charge >= 0.3 is 6.03 Å². The summed E-state index contributed by atoms with van der Waals surface area (Å²) in [6.45, 7) is 0.625. The molecule has 0 aliphatic rings. The zero-order chi connectivity index (χ0) is 18.1. The first kappa shape index (κ1) is 18.1. The number of carbonyl (C=O) groups is 2. The van der Waals surface area contributed by atoms with Crippen molar-refractivity contribution in [1.29, 1.82) is 0 Å². The van der Waals surface area contributed by atoms with Crippen molar-refractivity contribution >= 4 is 17.6 Å². The standard InChI is InChI=1S/C18H22N4O3/c1-25-16-4-2-3-14(9-16)11-20-17(23)12-22-18(24)21-10-13-5-7-15(19)8-6-13/h2-9H,10-12,19H2,1H3,(H,20,23)(H2,21,22,24). The zero-order valence-electron chi connectivity index (χ0n) is 14.0. The molecular weight excluding hydrogens is 320 g/mol. The van der Waals surface area contributed by atoms with Crippen molar-refractivity contribution in [3.8, 4) is 5.75 Å². The second kappa shape index (κ2) is 9.17. The van der Waals surface area contributed by atoms with Gasteiger partial charge in [-0.25, -0.2) is 4.79 Å². The van der Waals surface area contributed by atoms with E-state index in [1.807, 2.05) is 36.4 Å². The molecule has 0 aliphatic heterocycles. The van der Waals surface area contributed by atoms with Crippen LogP contribution in [0, 0.1) is 0 Å². The maximum absolute atomic E-state index is 11.8. The van der Waals surface area contributed by atoms with Gasteiger partial charge in [0.2, 0.25) is 5.91 Å². The number of amides is 3. The molecule has 25 heavy (non-hydrogen) atoms. The Bertz CT molecular complexity index is 717. The Morgan fingerprint density at radius 1 is 0.960 bits per heavy atom. The maximum Gasteiger partial charge on any atom is 0.315 e. The van der Waals surface area contributed by atoms with E-state index >= 15 is 0 Å². The van der Waals surface area contributed by atoms with E-state index in [4.69, 9.17) is 10.5 Å². The first-order valence-corrected chi connectivity index (χ1v) is 7.82. The number of hydrogen-bond acceptors (Lipinski definition) is 4. The molecule has 0 radical (unpaired) electrons. The Labute approximate surface area is 146 Å². The fraction of sp³-hybridized carbons (Fsp3) is 0.222. The highest BCUT2D eigenvalue weighted by Crippen LogP contribution is 2.12. The summed E-state index contributed by atoms with van der Waals surface area (Å²) in [5.74, 6) is 0.456. The van der Waals surface area contributed by atoms with Gasteiger partial charge in [-0.15, -0.1) is 0 Å². The van der Waals surface area contributed by atoms with Crippen LogP contribution in [0.5, 0.6) is 5.75 Å². The van der Waals surface area contributed by atoms with Crippen molar-refractivity contribution < 1.29 is 14.3 Å². The largest absolute Gasteiger partial charge is 0.497 e. The fourth-order valence-electron chi connectivity index (χ4n) is 2.09. The van der Waals surface area contributed by atoms with Gasteiger partial charge in [-0.1, -0.05) is 24.3 Å². The average Bonchev–Trinajstić information content (AvgIpc) is 2.64. The molecule has 0 unspecified atom stereocenters. The van der Waals surface area contributed by atoms with Gasteiger partial charge < -0.3 is 26.4 Å². The van der Waals surface area contributed by atoms with Crippen LogP contribution in [-0.4, -0.2) is 25.6 Å². The van der Waals surface area contributed by atoms with E-state index in [2.05, 4.69) is 16.0 Å². The van der Waals surface area contributed by atoms with Crippen LogP contribution in [0.3, 0.4) is 0 Å². The van der Waals surface area contributed by atoms with Gasteiger partial charge in [0, 0.05) is 18.8 Å². The van der Waals surface area contributed by atoms with Crippen LogP contribution >= 0.6 is 0 Å². The SMILES string of the molecule is COc1cccc(CNC(=O)CNC(=O)NCc2ccc(N)cc2)c1. The molecule has 0 atom stereocenters. The van der Waals surface area contributed by atoms with Crippen molar-refractivity contribution in [2.24, 2.45) is 0 Å². The van der Waals surface area contributed by atoms with Crippen molar-refractivity contribution in [3.63, 3.8) is 0 Å². The number of benzene rings is 2. The lowest BCUT2D eigenvalue weighted by atomic mass is 10.2. The third-order valence-electron chi connectivity index (χ3n) is 3.47. The van der Waals surface area contributed by atoms with Crippen molar-refractivity contribution in [1.82, 2.24) is 16.0 Å². The Morgan fingerprint density at radius 3 is 2.40 bits per heavy atom. The molecule has 0 heterocycles. The molecule has 2 rings (SSSR count). The Morgan fingerprint density at radius 2 is 1.68 bits per heavy atom. The molecule has 5 N–H and O–H groups in total. The van der Waals surface area contributed by atoms with E-state index in [-0.39, 0.29) is 12.5 Å². The molecule has 2 aromatic carbocycles. The van der Waals surface area contributed by atoms with Gasteiger partial charge in [0.1, 0.15) is 5.75 Å². The van der Waals surface area contributed by atoms with E-state index in [0.717, 1.165) is 16.9 Å². The predicted molar refractivity (Wildman–Crippen MR) is 95.9 cm³/mol. The lowest BCUT2D eigenvalue weighted by Crippen LogP contribution is -2.41. The summed E-state index contributed by atoms with van der Waals surface area (Å²) >= 11 is 0. The molecule has 7 nitrogen and oxygen atoms in total. The number of hydrogen-bond donors (Lipinski definition) is 4. The van der Waals surface area contributed by atoms with E-state index < -0.39 is 6.03 Å². The second-order valence-corrected chi connectivity index (χ2v) is 5.41. The van der Waals surface area contributed by atoms with Crippen LogP contribution in [0.1, 0.15) is 11.1 Å². The number of carbonyl (C=O) groups excluding carboxylic acids is 2. The third kappa shape index (κ3) is 6.42. The average molecular weight is 342 g/mol. The van der Waals surface area contributed by atoms with Crippen LogP contribution in [0.15, 0.2) is 48.5 Å². The normalized spacial score (nSPS) is 9.96. The highest BCUT2D eigenvalue weighted by atomic mass is 16.5. The van der Waals surface area contributed by atoms with Gasteiger partial charge in [0.15, 0.2) is 0 Å². The number of nitrogen functional groups attached to an aromatic ring is 1.